The Kier molecular flexibility index (Phi) is 29.2. The Morgan fingerprint density at radius 3 is 1.29 bits per heavy atom. The minimum Gasteiger partial charge on any atom is -0.508 e. The van der Waals surface area contributed by atoms with Gasteiger partial charge in [-0.2, -0.15) is 0 Å². The van der Waals surface area contributed by atoms with E-state index in [-0.39, 0.29) is 34.9 Å². The van der Waals surface area contributed by atoms with E-state index in [9.17, 15) is 29.1 Å². The van der Waals surface area contributed by atoms with E-state index in [0.717, 1.165) is 88.7 Å². The summed E-state index contributed by atoms with van der Waals surface area (Å²) in [5.41, 5.74) is 7.12. The number of esters is 5. The van der Waals surface area contributed by atoms with Crippen LogP contribution in [0.25, 0.3) is 11.1 Å². The molecule has 0 saturated carbocycles. The van der Waals surface area contributed by atoms with Crippen LogP contribution in [0.15, 0.2) is 245 Å². The summed E-state index contributed by atoms with van der Waals surface area (Å²) in [4.78, 5) is 54.6. The highest BCUT2D eigenvalue weighted by atomic mass is 16.6. The molecule has 2 fully saturated rings. The monoisotopic (exact) mass is 1240 g/mol. The van der Waals surface area contributed by atoms with Crippen LogP contribution in [0.1, 0.15) is 72.1 Å². The molecular formula is C75H82O16. The number of epoxide rings is 2. The van der Waals surface area contributed by atoms with Gasteiger partial charge in [0.1, 0.15) is 84.1 Å². The van der Waals surface area contributed by atoms with Crippen LogP contribution in [0.3, 0.4) is 0 Å². The number of allylic oxidation sites excluding steroid dienone is 3. The zero-order valence-corrected chi connectivity index (χ0v) is 53.2. The summed E-state index contributed by atoms with van der Waals surface area (Å²) in [6, 6.07) is 44.5. The fraction of sp³-hybridized carbons (Fsp3) is 0.240. The number of benzene rings is 6. The van der Waals surface area contributed by atoms with E-state index in [2.05, 4.69) is 98.0 Å². The second kappa shape index (κ2) is 36.3. The van der Waals surface area contributed by atoms with Crippen molar-refractivity contribution in [2.24, 2.45) is 0 Å². The van der Waals surface area contributed by atoms with Gasteiger partial charge in [-0.3, -0.25) is 0 Å². The topological polar surface area (TPSA) is 204 Å². The molecule has 2 unspecified atom stereocenters. The molecule has 91 heavy (non-hydrogen) atoms. The van der Waals surface area contributed by atoms with Crippen molar-refractivity contribution >= 4 is 29.8 Å². The van der Waals surface area contributed by atoms with Crippen molar-refractivity contribution in [3.63, 3.8) is 0 Å². The molecule has 0 radical (unpaired) electrons. The molecule has 16 nitrogen and oxygen atoms in total. The van der Waals surface area contributed by atoms with Gasteiger partial charge in [0.2, 0.25) is 0 Å². The van der Waals surface area contributed by atoms with Crippen LogP contribution >= 0.6 is 0 Å². The number of ether oxygens (including phenoxy) is 10. The third-order valence-electron chi connectivity index (χ3n) is 13.7. The lowest BCUT2D eigenvalue weighted by Gasteiger charge is -2.26. The minimum atomic E-state index is -0.479. The van der Waals surface area contributed by atoms with E-state index in [1.54, 1.807) is 60.7 Å². The van der Waals surface area contributed by atoms with Crippen LogP contribution in [0, 0.1) is 0 Å². The molecule has 1 N–H and O–H groups in total. The maximum atomic E-state index is 11.0. The highest BCUT2D eigenvalue weighted by Gasteiger charge is 2.40. The Labute approximate surface area is 534 Å². The molecule has 0 bridgehead atoms. The predicted octanol–water partition coefficient (Wildman–Crippen LogP) is 14.8. The van der Waals surface area contributed by atoms with E-state index in [4.69, 9.17) is 47.4 Å². The van der Waals surface area contributed by atoms with E-state index < -0.39 is 29.8 Å². The van der Waals surface area contributed by atoms with E-state index in [1.165, 1.54) is 17.2 Å². The Morgan fingerprint density at radius 1 is 0.516 bits per heavy atom. The number of aromatic hydroxyl groups is 1. The highest BCUT2D eigenvalue weighted by molar-refractivity contribution is 5.85. The lowest BCUT2D eigenvalue weighted by molar-refractivity contribution is -0.138. The van der Waals surface area contributed by atoms with Crippen LogP contribution in [0.5, 0.6) is 40.2 Å². The molecule has 2 aliphatic heterocycles. The smallest absolute Gasteiger partial charge is 0.335 e. The van der Waals surface area contributed by atoms with Crippen LogP contribution < -0.4 is 28.4 Å². The van der Waals surface area contributed by atoms with E-state index in [0.29, 0.717) is 42.8 Å². The minimum absolute atomic E-state index is 0.0824. The summed E-state index contributed by atoms with van der Waals surface area (Å²) in [5.74, 6) is 2.21. The number of hydrogen-bond donors (Lipinski definition) is 1. The Morgan fingerprint density at radius 2 is 0.890 bits per heavy atom. The van der Waals surface area contributed by atoms with Crippen molar-refractivity contribution in [2.45, 2.75) is 77.9 Å². The van der Waals surface area contributed by atoms with Crippen molar-refractivity contribution < 1.29 is 76.4 Å². The van der Waals surface area contributed by atoms with Gasteiger partial charge in [-0.15, -0.1) is 0 Å². The summed E-state index contributed by atoms with van der Waals surface area (Å²) in [7, 11) is 0. The van der Waals surface area contributed by atoms with Crippen LogP contribution in [0.4, 0.5) is 0 Å². The second-order valence-corrected chi connectivity index (χ2v) is 21.7. The van der Waals surface area contributed by atoms with Crippen LogP contribution in [0.2, 0.25) is 0 Å². The molecule has 6 aromatic carbocycles. The zero-order chi connectivity index (χ0) is 67.2. The van der Waals surface area contributed by atoms with Crippen LogP contribution in [-0.4, -0.2) is 86.3 Å². The first kappa shape index (κ1) is 73.2. The fourth-order valence-corrected chi connectivity index (χ4v) is 7.39. The molecule has 2 heterocycles. The molecule has 0 spiro atoms. The number of rotatable bonds is 25. The molecule has 8 rings (SSSR count). The van der Waals surface area contributed by atoms with Gasteiger partial charge in [0.25, 0.3) is 0 Å². The molecule has 0 aromatic heterocycles. The largest absolute Gasteiger partial charge is 0.508 e. The lowest BCUT2D eigenvalue weighted by Crippen LogP contribution is -2.19. The second-order valence-electron chi connectivity index (χ2n) is 21.7. The Hall–Kier alpha value is -10.3. The molecular weight excluding hydrogens is 1160 g/mol. The summed E-state index contributed by atoms with van der Waals surface area (Å²) in [6.07, 6.45) is 7.37. The van der Waals surface area contributed by atoms with Crippen molar-refractivity contribution in [3.8, 4) is 51.4 Å². The Balaban J connectivity index is 0.000000252. The van der Waals surface area contributed by atoms with Gasteiger partial charge >= 0.3 is 29.8 Å². The van der Waals surface area contributed by atoms with Crippen molar-refractivity contribution in [1.82, 2.24) is 0 Å². The quantitative estimate of drug-likeness (QED) is 0.00827. The van der Waals surface area contributed by atoms with Gasteiger partial charge in [-0.1, -0.05) is 140 Å². The maximum absolute atomic E-state index is 11.0. The third kappa shape index (κ3) is 26.1. The van der Waals surface area contributed by atoms with Crippen molar-refractivity contribution in [1.29, 1.82) is 0 Å². The number of phenolic OH excluding ortho intramolecular Hbond substituents is 1. The van der Waals surface area contributed by atoms with Crippen molar-refractivity contribution in [3.05, 3.63) is 262 Å². The third-order valence-corrected chi connectivity index (χ3v) is 13.7. The van der Waals surface area contributed by atoms with Gasteiger partial charge < -0.3 is 52.5 Å². The maximum Gasteiger partial charge on any atom is 0.335 e. The average molecular weight is 1240 g/mol. The number of carbonyl (C=O) groups excluding carboxylic acids is 5. The van der Waals surface area contributed by atoms with Crippen LogP contribution in [-0.2, 0) is 53.8 Å². The summed E-state index contributed by atoms with van der Waals surface area (Å²) in [6.45, 7) is 43.6. The summed E-state index contributed by atoms with van der Waals surface area (Å²) < 4.78 is 51.8. The van der Waals surface area contributed by atoms with E-state index >= 15 is 0 Å². The number of carbonyl (C=O) groups is 5. The molecule has 478 valence electrons. The first-order chi connectivity index (χ1) is 43.3. The molecule has 6 aromatic rings. The molecule has 0 amide bonds. The van der Waals surface area contributed by atoms with Crippen molar-refractivity contribution in [2.75, 3.05) is 39.6 Å². The normalized spacial score (nSPS) is 13.8. The fourth-order valence-electron chi connectivity index (χ4n) is 7.39. The standard InChI is InChI=1S/C24H28O5.C15H12O3.C15H18O2.C12H12O4.C9H12O2/c1-5-22(25)27-15-14-26-20-10-6-18(7-11-20)23(2,3)19-8-12-21(13-9-19)28-16-24(4)17-29-24;1-2-15(17)18-14-9-5-12(6-10-14)11-3-7-13(16)8-4-11;1-6-14(16)17-13-9-7-12(8-10-13)15(4,5)11(2)3;1-2-12(13)16-10-5-3-9(4-6-10)14-7-11-8-15-11;1-5-8(7(3)4)11-9(10)6-2/h5-13H,1,14-17H2,2-4H3;2-10,16H,1H2;6-10H,1-2H2,3-5H3;2-6,11H,1,7-8H2;5-6H,1-2H2,3-4H3. The molecule has 2 saturated heterocycles. The van der Waals surface area contributed by atoms with Gasteiger partial charge in [0.15, 0.2) is 0 Å². The highest BCUT2D eigenvalue weighted by Crippen LogP contribution is 2.35. The summed E-state index contributed by atoms with van der Waals surface area (Å²) >= 11 is 0. The first-order valence-electron chi connectivity index (χ1n) is 28.9. The van der Waals surface area contributed by atoms with Gasteiger partial charge in [0.05, 0.1) is 13.2 Å². The van der Waals surface area contributed by atoms with E-state index in [1.807, 2.05) is 88.4 Å². The summed E-state index contributed by atoms with van der Waals surface area (Å²) in [5, 5.41) is 9.21. The SMILES string of the molecule is C=CC(=O)OC(C=C)=C(C)C.C=CC(=O)OCCOc1ccc(C(C)(C)c2ccc(OCC3(C)CO3)cc2)cc1.C=CC(=O)Oc1ccc(-c2ccc(O)cc2)cc1.C=CC(=O)Oc1ccc(C(C)(C)C(=C)C)cc1.C=CC(=O)Oc1ccc(OCC2CO2)cc1. The Bertz CT molecular complexity index is 3450. The number of phenols is 1. The molecule has 16 heteroatoms. The lowest BCUT2D eigenvalue weighted by atomic mass is 9.78. The van der Waals surface area contributed by atoms with Gasteiger partial charge in [-0.05, 0) is 152 Å². The molecule has 2 atom stereocenters. The molecule has 0 aliphatic carbocycles. The average Bonchev–Trinajstić information content (AvgIpc) is 2.35. The number of hydrogen-bond acceptors (Lipinski definition) is 16. The van der Waals surface area contributed by atoms with Gasteiger partial charge in [-0.25, -0.2) is 24.0 Å². The zero-order valence-electron chi connectivity index (χ0n) is 53.2. The predicted molar refractivity (Wildman–Crippen MR) is 353 cm³/mol. The first-order valence-corrected chi connectivity index (χ1v) is 28.9. The van der Waals surface area contributed by atoms with Gasteiger partial charge in [0, 0.05) is 41.2 Å². The molecule has 2 aliphatic rings.